The van der Waals surface area contributed by atoms with Crippen LogP contribution < -0.4 is 19.5 Å². The second kappa shape index (κ2) is 10.7. The fourth-order valence-electron chi connectivity index (χ4n) is 3.89. The molecule has 1 aromatic heterocycles. The van der Waals surface area contributed by atoms with Crippen molar-refractivity contribution in [1.82, 2.24) is 20.3 Å². The van der Waals surface area contributed by atoms with Gasteiger partial charge in [0.2, 0.25) is 0 Å². The molecule has 2 aromatic carbocycles. The SMILES string of the molecule is COc1cc2c(Nc3ccc(OC(F)(F)F)cc3)nnnc2cc1OCCCN1CCCCC1. The zero-order chi connectivity index (χ0) is 24.0. The first kappa shape index (κ1) is 23.8. The molecule has 182 valence electrons. The van der Waals surface area contributed by atoms with Gasteiger partial charge in [-0.2, -0.15) is 0 Å². The number of hydrogen-bond acceptors (Lipinski definition) is 8. The predicted molar refractivity (Wildman–Crippen MR) is 121 cm³/mol. The van der Waals surface area contributed by atoms with E-state index < -0.39 is 6.36 Å². The molecule has 11 heteroatoms. The number of methoxy groups -OCH3 is 1. The Kier molecular flexibility index (Phi) is 7.51. The molecule has 1 fully saturated rings. The number of ether oxygens (including phenoxy) is 3. The van der Waals surface area contributed by atoms with Gasteiger partial charge in [0.15, 0.2) is 17.3 Å². The number of alkyl halides is 3. The van der Waals surface area contributed by atoms with Crippen molar-refractivity contribution in [3.8, 4) is 17.2 Å². The maximum atomic E-state index is 12.4. The van der Waals surface area contributed by atoms with Gasteiger partial charge in [0.05, 0.1) is 19.1 Å². The highest BCUT2D eigenvalue weighted by Gasteiger charge is 2.31. The number of aromatic nitrogens is 3. The van der Waals surface area contributed by atoms with E-state index in [2.05, 4.69) is 30.4 Å². The van der Waals surface area contributed by atoms with Crippen molar-refractivity contribution in [2.45, 2.75) is 32.0 Å². The number of nitrogens with zero attached hydrogens (tertiary/aromatic N) is 4. The van der Waals surface area contributed by atoms with E-state index >= 15 is 0 Å². The molecule has 0 bridgehead atoms. The van der Waals surface area contributed by atoms with Crippen molar-refractivity contribution < 1.29 is 27.4 Å². The topological polar surface area (TPSA) is 81.6 Å². The summed E-state index contributed by atoms with van der Waals surface area (Å²) in [6.45, 7) is 3.85. The highest BCUT2D eigenvalue weighted by Crippen LogP contribution is 2.35. The maximum Gasteiger partial charge on any atom is 0.573 e. The van der Waals surface area contributed by atoms with Gasteiger partial charge in [0.25, 0.3) is 0 Å². The number of likely N-dealkylation sites (tertiary alicyclic amines) is 1. The molecule has 2 heterocycles. The molecule has 3 aromatic rings. The molecule has 0 radical (unpaired) electrons. The average molecular weight is 477 g/mol. The van der Waals surface area contributed by atoms with Gasteiger partial charge in [-0.3, -0.25) is 0 Å². The van der Waals surface area contributed by atoms with Crippen LogP contribution in [0, 0.1) is 0 Å². The molecule has 1 N–H and O–H groups in total. The normalized spacial score (nSPS) is 14.7. The van der Waals surface area contributed by atoms with Gasteiger partial charge in [0.1, 0.15) is 11.3 Å². The van der Waals surface area contributed by atoms with Crippen molar-refractivity contribution in [1.29, 1.82) is 0 Å². The predicted octanol–water partition coefficient (Wildman–Crippen LogP) is 4.93. The molecule has 0 unspecified atom stereocenters. The summed E-state index contributed by atoms with van der Waals surface area (Å²) < 4.78 is 52.5. The first-order valence-electron chi connectivity index (χ1n) is 11.1. The van der Waals surface area contributed by atoms with E-state index in [0.29, 0.717) is 40.5 Å². The van der Waals surface area contributed by atoms with Crippen LogP contribution in [0.15, 0.2) is 36.4 Å². The fraction of sp³-hybridized carbons (Fsp3) is 0.435. The van der Waals surface area contributed by atoms with E-state index in [1.165, 1.54) is 43.5 Å². The number of halogens is 3. The lowest BCUT2D eigenvalue weighted by Crippen LogP contribution is -2.31. The van der Waals surface area contributed by atoms with Crippen molar-refractivity contribution in [3.05, 3.63) is 36.4 Å². The third-order valence-electron chi connectivity index (χ3n) is 5.51. The van der Waals surface area contributed by atoms with Gasteiger partial charge in [0, 0.05) is 18.3 Å². The van der Waals surface area contributed by atoms with E-state index in [4.69, 9.17) is 9.47 Å². The van der Waals surface area contributed by atoms with Crippen LogP contribution in [0.5, 0.6) is 17.2 Å². The number of hydrogen-bond donors (Lipinski definition) is 1. The highest BCUT2D eigenvalue weighted by atomic mass is 19.4. The van der Waals surface area contributed by atoms with Crippen LogP contribution >= 0.6 is 0 Å². The standard InChI is InChI=1S/C23H26F3N5O3/c1-32-20-14-18-19(15-21(20)33-13-5-12-31-10-3-2-4-11-31)28-30-29-22(18)27-16-6-8-17(9-7-16)34-23(24,25)26/h6-9,14-15H,2-5,10-13H2,1H3,(H,27,28,29). The van der Waals surface area contributed by atoms with E-state index in [1.807, 2.05) is 0 Å². The van der Waals surface area contributed by atoms with E-state index in [9.17, 15) is 13.2 Å². The summed E-state index contributed by atoms with van der Waals surface area (Å²) in [5.74, 6) is 1.16. The number of rotatable bonds is 9. The van der Waals surface area contributed by atoms with Crippen molar-refractivity contribution >= 4 is 22.4 Å². The summed E-state index contributed by atoms with van der Waals surface area (Å²) in [6.07, 6.45) is -0.0106. The van der Waals surface area contributed by atoms with Crippen LogP contribution in [0.3, 0.4) is 0 Å². The molecule has 1 saturated heterocycles. The van der Waals surface area contributed by atoms with Crippen LogP contribution in [0.1, 0.15) is 25.7 Å². The molecular formula is C23H26F3N5O3. The zero-order valence-electron chi connectivity index (χ0n) is 18.8. The van der Waals surface area contributed by atoms with Crippen molar-refractivity contribution in [2.75, 3.05) is 38.7 Å². The Morgan fingerprint density at radius 3 is 2.47 bits per heavy atom. The number of piperidine rings is 1. The summed E-state index contributed by atoms with van der Waals surface area (Å²) in [5, 5.41) is 15.6. The minimum atomic E-state index is -4.74. The molecule has 1 aliphatic rings. The smallest absolute Gasteiger partial charge is 0.493 e. The lowest BCUT2D eigenvalue weighted by Gasteiger charge is -2.26. The Labute approximate surface area is 195 Å². The number of benzene rings is 2. The summed E-state index contributed by atoms with van der Waals surface area (Å²) in [6, 6.07) is 8.82. The van der Waals surface area contributed by atoms with Crippen LogP contribution in [-0.4, -0.2) is 60.0 Å². The number of anilines is 2. The van der Waals surface area contributed by atoms with Gasteiger partial charge < -0.3 is 24.4 Å². The summed E-state index contributed by atoms with van der Waals surface area (Å²) >= 11 is 0. The first-order valence-corrected chi connectivity index (χ1v) is 11.1. The minimum absolute atomic E-state index is 0.313. The molecule has 0 saturated carbocycles. The van der Waals surface area contributed by atoms with Gasteiger partial charge >= 0.3 is 6.36 Å². The Morgan fingerprint density at radius 1 is 1.00 bits per heavy atom. The average Bonchev–Trinajstić information content (AvgIpc) is 2.82. The molecule has 0 amide bonds. The van der Waals surface area contributed by atoms with E-state index in [-0.39, 0.29) is 5.75 Å². The molecule has 0 aliphatic carbocycles. The molecule has 4 rings (SSSR count). The molecular weight excluding hydrogens is 451 g/mol. The van der Waals surface area contributed by atoms with Gasteiger partial charge in [-0.05, 0) is 67.9 Å². The van der Waals surface area contributed by atoms with E-state index in [0.717, 1.165) is 26.1 Å². The Hall–Kier alpha value is -3.34. The molecule has 1 aliphatic heterocycles. The highest BCUT2D eigenvalue weighted by molar-refractivity contribution is 5.92. The Morgan fingerprint density at radius 2 is 1.76 bits per heavy atom. The van der Waals surface area contributed by atoms with Crippen LogP contribution in [0.2, 0.25) is 0 Å². The van der Waals surface area contributed by atoms with Gasteiger partial charge in [-0.1, -0.05) is 6.42 Å². The molecule has 0 spiro atoms. The van der Waals surface area contributed by atoms with Crippen LogP contribution in [0.25, 0.3) is 10.9 Å². The lowest BCUT2D eigenvalue weighted by molar-refractivity contribution is -0.274. The van der Waals surface area contributed by atoms with Crippen molar-refractivity contribution in [3.63, 3.8) is 0 Å². The van der Waals surface area contributed by atoms with E-state index in [1.54, 1.807) is 19.2 Å². The quantitative estimate of drug-likeness (QED) is 0.435. The third kappa shape index (κ3) is 6.37. The summed E-state index contributed by atoms with van der Waals surface area (Å²) in [5.41, 5.74) is 1.05. The zero-order valence-corrected chi connectivity index (χ0v) is 18.8. The Bertz CT molecular complexity index is 1090. The van der Waals surface area contributed by atoms with Gasteiger partial charge in [-0.15, -0.1) is 23.4 Å². The number of nitrogens with one attached hydrogen (secondary N) is 1. The minimum Gasteiger partial charge on any atom is -0.493 e. The fourth-order valence-corrected chi connectivity index (χ4v) is 3.89. The second-order valence-electron chi connectivity index (χ2n) is 7.96. The molecule has 8 nitrogen and oxygen atoms in total. The van der Waals surface area contributed by atoms with Crippen molar-refractivity contribution in [2.24, 2.45) is 0 Å². The van der Waals surface area contributed by atoms with Crippen LogP contribution in [0.4, 0.5) is 24.7 Å². The number of fused-ring (bicyclic) bond motifs is 1. The molecule has 0 atom stereocenters. The summed E-state index contributed by atoms with van der Waals surface area (Å²) in [7, 11) is 1.55. The molecule has 34 heavy (non-hydrogen) atoms. The summed E-state index contributed by atoms with van der Waals surface area (Å²) in [4.78, 5) is 2.46. The largest absolute Gasteiger partial charge is 0.573 e. The first-order chi connectivity index (χ1) is 16.4. The second-order valence-corrected chi connectivity index (χ2v) is 7.96. The lowest BCUT2D eigenvalue weighted by atomic mass is 10.1. The van der Waals surface area contributed by atoms with Gasteiger partial charge in [-0.25, -0.2) is 0 Å². The monoisotopic (exact) mass is 477 g/mol. The van der Waals surface area contributed by atoms with Crippen LogP contribution in [-0.2, 0) is 0 Å². The maximum absolute atomic E-state index is 12.4. The Balaban J connectivity index is 1.44. The third-order valence-corrected chi connectivity index (χ3v) is 5.51.